The molecule has 1 saturated heterocycles. The molecule has 0 radical (unpaired) electrons. The molecule has 0 spiro atoms. The number of piperazine rings is 1. The zero-order valence-electron chi connectivity index (χ0n) is 12.0. The second-order valence-corrected chi connectivity index (χ2v) is 6.57. The molecule has 0 unspecified atom stereocenters. The van der Waals surface area contributed by atoms with Crippen LogP contribution in [0.15, 0.2) is 0 Å². The molecular weight excluding hydrogens is 242 g/mol. The molecule has 2 rings (SSSR count). The summed E-state index contributed by atoms with van der Waals surface area (Å²) >= 11 is 1.86. The van der Waals surface area contributed by atoms with E-state index in [1.165, 1.54) is 28.4 Å². The lowest BCUT2D eigenvalue weighted by Crippen LogP contribution is -2.60. The second kappa shape index (κ2) is 5.68. The van der Waals surface area contributed by atoms with Gasteiger partial charge in [0, 0.05) is 30.1 Å². The SMILES string of the molecule is CCC1(CC)CNCCN1Cc1nc(C)c(C)s1. The van der Waals surface area contributed by atoms with E-state index in [1.807, 2.05) is 11.3 Å². The van der Waals surface area contributed by atoms with E-state index >= 15 is 0 Å². The summed E-state index contributed by atoms with van der Waals surface area (Å²) in [5.41, 5.74) is 1.52. The minimum absolute atomic E-state index is 0.325. The zero-order chi connectivity index (χ0) is 13.2. The number of nitrogens with one attached hydrogen (secondary N) is 1. The monoisotopic (exact) mass is 267 g/mol. The van der Waals surface area contributed by atoms with Crippen molar-refractivity contribution in [3.63, 3.8) is 0 Å². The van der Waals surface area contributed by atoms with Gasteiger partial charge < -0.3 is 5.32 Å². The quantitative estimate of drug-likeness (QED) is 0.909. The summed E-state index contributed by atoms with van der Waals surface area (Å²) in [7, 11) is 0. The minimum Gasteiger partial charge on any atom is -0.314 e. The third kappa shape index (κ3) is 2.60. The zero-order valence-corrected chi connectivity index (χ0v) is 12.9. The molecule has 2 heterocycles. The molecule has 0 aliphatic carbocycles. The van der Waals surface area contributed by atoms with Gasteiger partial charge in [0.05, 0.1) is 12.2 Å². The third-order valence-electron chi connectivity index (χ3n) is 4.40. The number of rotatable bonds is 4. The fourth-order valence-electron chi connectivity index (χ4n) is 2.85. The van der Waals surface area contributed by atoms with Crippen LogP contribution in [0.3, 0.4) is 0 Å². The van der Waals surface area contributed by atoms with Crippen molar-refractivity contribution in [2.45, 2.75) is 52.6 Å². The highest BCUT2D eigenvalue weighted by Crippen LogP contribution is 2.28. The smallest absolute Gasteiger partial charge is 0.107 e. The molecule has 0 amide bonds. The highest BCUT2D eigenvalue weighted by Gasteiger charge is 2.35. The van der Waals surface area contributed by atoms with Crippen LogP contribution in [0.5, 0.6) is 0 Å². The molecule has 1 aliphatic heterocycles. The Hall–Kier alpha value is -0.450. The first-order valence-corrected chi connectivity index (χ1v) is 7.81. The van der Waals surface area contributed by atoms with Gasteiger partial charge in [0.2, 0.25) is 0 Å². The highest BCUT2D eigenvalue weighted by atomic mass is 32.1. The Labute approximate surface area is 115 Å². The van der Waals surface area contributed by atoms with Crippen LogP contribution in [0.2, 0.25) is 0 Å². The van der Waals surface area contributed by atoms with Crippen molar-refractivity contribution in [1.29, 1.82) is 0 Å². The van der Waals surface area contributed by atoms with E-state index in [1.54, 1.807) is 0 Å². The lowest BCUT2D eigenvalue weighted by molar-refractivity contribution is 0.0447. The Kier molecular flexibility index (Phi) is 4.41. The van der Waals surface area contributed by atoms with Crippen LogP contribution in [0.4, 0.5) is 0 Å². The van der Waals surface area contributed by atoms with Gasteiger partial charge in [0.25, 0.3) is 0 Å². The van der Waals surface area contributed by atoms with E-state index in [4.69, 9.17) is 4.98 Å². The van der Waals surface area contributed by atoms with E-state index in [9.17, 15) is 0 Å². The van der Waals surface area contributed by atoms with Gasteiger partial charge in [-0.15, -0.1) is 11.3 Å². The fourth-order valence-corrected chi connectivity index (χ4v) is 3.80. The summed E-state index contributed by atoms with van der Waals surface area (Å²) in [4.78, 5) is 8.69. The molecule has 0 atom stereocenters. The first kappa shape index (κ1) is 14.0. The van der Waals surface area contributed by atoms with E-state index in [0.29, 0.717) is 5.54 Å². The summed E-state index contributed by atoms with van der Waals surface area (Å²) in [5, 5.41) is 4.83. The highest BCUT2D eigenvalue weighted by molar-refractivity contribution is 7.11. The maximum atomic E-state index is 4.69. The molecule has 0 aromatic carbocycles. The predicted molar refractivity (Wildman–Crippen MR) is 78.2 cm³/mol. The van der Waals surface area contributed by atoms with Gasteiger partial charge in [0.15, 0.2) is 0 Å². The van der Waals surface area contributed by atoms with E-state index in [0.717, 1.165) is 26.2 Å². The van der Waals surface area contributed by atoms with Crippen molar-refractivity contribution < 1.29 is 0 Å². The predicted octanol–water partition coefficient (Wildman–Crippen LogP) is 2.72. The first-order valence-electron chi connectivity index (χ1n) is 7.00. The van der Waals surface area contributed by atoms with Gasteiger partial charge in [-0.05, 0) is 26.7 Å². The van der Waals surface area contributed by atoms with Crippen LogP contribution in [0, 0.1) is 13.8 Å². The van der Waals surface area contributed by atoms with Crippen molar-refractivity contribution in [2.24, 2.45) is 0 Å². The number of thiazole rings is 1. The number of hydrogen-bond donors (Lipinski definition) is 1. The molecule has 0 bridgehead atoms. The van der Waals surface area contributed by atoms with Crippen LogP contribution in [-0.4, -0.2) is 35.1 Å². The van der Waals surface area contributed by atoms with Gasteiger partial charge in [-0.2, -0.15) is 0 Å². The van der Waals surface area contributed by atoms with Crippen LogP contribution >= 0.6 is 11.3 Å². The first-order chi connectivity index (χ1) is 8.61. The third-order valence-corrected chi connectivity index (χ3v) is 5.46. The summed E-state index contributed by atoms with van der Waals surface area (Å²) in [6.45, 7) is 13.3. The number of aryl methyl sites for hydroxylation is 2. The summed E-state index contributed by atoms with van der Waals surface area (Å²) in [6, 6.07) is 0. The molecule has 1 N–H and O–H groups in total. The summed E-state index contributed by atoms with van der Waals surface area (Å²) in [6.07, 6.45) is 2.42. The summed E-state index contributed by atoms with van der Waals surface area (Å²) in [5.74, 6) is 0. The maximum Gasteiger partial charge on any atom is 0.107 e. The average molecular weight is 267 g/mol. The van der Waals surface area contributed by atoms with E-state index in [-0.39, 0.29) is 0 Å². The van der Waals surface area contributed by atoms with Gasteiger partial charge in [-0.25, -0.2) is 4.98 Å². The van der Waals surface area contributed by atoms with E-state index in [2.05, 4.69) is 37.9 Å². The topological polar surface area (TPSA) is 28.2 Å². The lowest BCUT2D eigenvalue weighted by atomic mass is 9.88. The average Bonchev–Trinajstić information content (AvgIpc) is 2.69. The number of hydrogen-bond acceptors (Lipinski definition) is 4. The molecule has 102 valence electrons. The van der Waals surface area contributed by atoms with Gasteiger partial charge >= 0.3 is 0 Å². The largest absolute Gasteiger partial charge is 0.314 e. The molecule has 1 fully saturated rings. The maximum absolute atomic E-state index is 4.69. The molecule has 4 heteroatoms. The Bertz CT molecular complexity index is 376. The number of nitrogens with zero attached hydrogens (tertiary/aromatic N) is 2. The normalized spacial score (nSPS) is 20.2. The van der Waals surface area contributed by atoms with Crippen LogP contribution in [0.1, 0.15) is 42.3 Å². The van der Waals surface area contributed by atoms with Crippen molar-refractivity contribution in [3.05, 3.63) is 15.6 Å². The van der Waals surface area contributed by atoms with Gasteiger partial charge in [-0.3, -0.25) is 4.90 Å². The molecule has 0 saturated carbocycles. The lowest BCUT2D eigenvalue weighted by Gasteiger charge is -2.46. The van der Waals surface area contributed by atoms with Crippen molar-refractivity contribution in [3.8, 4) is 0 Å². The Morgan fingerprint density at radius 1 is 1.33 bits per heavy atom. The molecule has 18 heavy (non-hydrogen) atoms. The minimum atomic E-state index is 0.325. The Morgan fingerprint density at radius 2 is 2.06 bits per heavy atom. The van der Waals surface area contributed by atoms with Crippen molar-refractivity contribution in [2.75, 3.05) is 19.6 Å². The summed E-state index contributed by atoms with van der Waals surface area (Å²) < 4.78 is 0. The number of aromatic nitrogens is 1. The second-order valence-electron chi connectivity index (χ2n) is 5.28. The van der Waals surface area contributed by atoms with Crippen LogP contribution in [0.25, 0.3) is 0 Å². The molecule has 1 aliphatic rings. The molecular formula is C14H25N3S. The Balaban J connectivity index is 2.14. The standard InChI is InChI=1S/C14H25N3S/c1-5-14(6-2)10-15-7-8-17(14)9-13-16-11(3)12(4)18-13/h15H,5-10H2,1-4H3. The molecule has 1 aromatic rings. The van der Waals surface area contributed by atoms with Crippen LogP contribution < -0.4 is 5.32 Å². The van der Waals surface area contributed by atoms with E-state index < -0.39 is 0 Å². The van der Waals surface area contributed by atoms with Crippen LogP contribution in [-0.2, 0) is 6.54 Å². The van der Waals surface area contributed by atoms with Gasteiger partial charge in [0.1, 0.15) is 5.01 Å². The molecule has 3 nitrogen and oxygen atoms in total. The van der Waals surface area contributed by atoms with Gasteiger partial charge in [-0.1, -0.05) is 13.8 Å². The Morgan fingerprint density at radius 3 is 2.61 bits per heavy atom. The van der Waals surface area contributed by atoms with Crippen molar-refractivity contribution in [1.82, 2.24) is 15.2 Å². The van der Waals surface area contributed by atoms with Crippen molar-refractivity contribution >= 4 is 11.3 Å². The molecule has 1 aromatic heterocycles. The fraction of sp³-hybridized carbons (Fsp3) is 0.786.